The number of carbonyl (C=O) groups is 2. The van der Waals surface area contributed by atoms with E-state index in [2.05, 4.69) is 15.7 Å². The standard InChI is InChI=1S/C21H19ClN4O3/c1-2-29-18-9-4-3-8-16(18)24-19(27)11-17-21(28)25-20-15(12-23-26(17)20)13-6-5-7-14(22)10-13/h3-10,12,17H,2,11H2,1H3,(H,24,27)(H,25,28). The highest BCUT2D eigenvalue weighted by Gasteiger charge is 2.35. The van der Waals surface area contributed by atoms with Gasteiger partial charge in [0.2, 0.25) is 5.91 Å². The molecule has 1 aromatic heterocycles. The van der Waals surface area contributed by atoms with Crippen LogP contribution in [0.5, 0.6) is 5.75 Å². The quantitative estimate of drug-likeness (QED) is 0.640. The van der Waals surface area contributed by atoms with E-state index < -0.39 is 6.04 Å². The van der Waals surface area contributed by atoms with Crippen LogP contribution in [0.15, 0.2) is 54.7 Å². The molecule has 2 aromatic carbocycles. The summed E-state index contributed by atoms with van der Waals surface area (Å²) in [6, 6.07) is 13.8. The number of hydrogen-bond acceptors (Lipinski definition) is 4. The fourth-order valence-electron chi connectivity index (χ4n) is 3.31. The van der Waals surface area contributed by atoms with E-state index in [1.807, 2.05) is 31.2 Å². The van der Waals surface area contributed by atoms with Gasteiger partial charge < -0.3 is 15.4 Å². The molecule has 0 saturated carbocycles. The Bertz CT molecular complexity index is 1080. The van der Waals surface area contributed by atoms with Crippen LogP contribution < -0.4 is 15.4 Å². The third-order valence-corrected chi connectivity index (χ3v) is 4.85. The minimum atomic E-state index is -0.725. The van der Waals surface area contributed by atoms with Crippen molar-refractivity contribution in [2.75, 3.05) is 17.2 Å². The maximum atomic E-state index is 12.6. The monoisotopic (exact) mass is 410 g/mol. The van der Waals surface area contributed by atoms with Crippen molar-refractivity contribution in [1.29, 1.82) is 0 Å². The lowest BCUT2D eigenvalue weighted by atomic mass is 10.1. The van der Waals surface area contributed by atoms with E-state index in [0.29, 0.717) is 28.9 Å². The largest absolute Gasteiger partial charge is 0.492 e. The number of anilines is 2. The smallest absolute Gasteiger partial charge is 0.251 e. The molecule has 0 radical (unpaired) electrons. The summed E-state index contributed by atoms with van der Waals surface area (Å²) in [6.07, 6.45) is 1.62. The van der Waals surface area contributed by atoms with Gasteiger partial charge in [0.25, 0.3) is 5.91 Å². The topological polar surface area (TPSA) is 85.2 Å². The molecule has 2 amide bonds. The van der Waals surface area contributed by atoms with Crippen molar-refractivity contribution < 1.29 is 14.3 Å². The van der Waals surface area contributed by atoms with Crippen LogP contribution in [0.2, 0.25) is 5.02 Å². The Balaban J connectivity index is 1.53. The molecule has 1 unspecified atom stereocenters. The fourth-order valence-corrected chi connectivity index (χ4v) is 3.50. The van der Waals surface area contributed by atoms with Crippen molar-refractivity contribution in [3.8, 4) is 16.9 Å². The summed E-state index contributed by atoms with van der Waals surface area (Å²) in [6.45, 7) is 2.36. The number of fused-ring (bicyclic) bond motifs is 1. The van der Waals surface area contributed by atoms with Crippen LogP contribution in [0.3, 0.4) is 0 Å². The molecule has 4 rings (SSSR count). The van der Waals surface area contributed by atoms with E-state index in [0.717, 1.165) is 11.1 Å². The minimum Gasteiger partial charge on any atom is -0.492 e. The molecule has 0 saturated heterocycles. The molecular weight excluding hydrogens is 392 g/mol. The summed E-state index contributed by atoms with van der Waals surface area (Å²) in [5.74, 6) is 0.571. The van der Waals surface area contributed by atoms with Gasteiger partial charge in [0.15, 0.2) is 0 Å². The average molecular weight is 411 g/mol. The molecule has 2 N–H and O–H groups in total. The summed E-state index contributed by atoms with van der Waals surface area (Å²) >= 11 is 6.07. The second-order valence-corrected chi connectivity index (χ2v) is 6.98. The SMILES string of the molecule is CCOc1ccccc1NC(=O)CC1C(=O)Nc2c(-c3cccc(Cl)c3)cnn21. The zero-order chi connectivity index (χ0) is 20.4. The van der Waals surface area contributed by atoms with Gasteiger partial charge in [-0.15, -0.1) is 0 Å². The van der Waals surface area contributed by atoms with Crippen LogP contribution in [0.4, 0.5) is 11.5 Å². The lowest BCUT2D eigenvalue weighted by Crippen LogP contribution is -2.23. The van der Waals surface area contributed by atoms with Crippen molar-refractivity contribution in [2.45, 2.75) is 19.4 Å². The Morgan fingerprint density at radius 3 is 2.90 bits per heavy atom. The average Bonchev–Trinajstić information content (AvgIpc) is 3.23. The number of carbonyl (C=O) groups excluding carboxylic acids is 2. The third-order valence-electron chi connectivity index (χ3n) is 4.61. The molecule has 1 aliphatic rings. The molecule has 0 fully saturated rings. The van der Waals surface area contributed by atoms with E-state index in [9.17, 15) is 9.59 Å². The number of nitrogens with zero attached hydrogens (tertiary/aromatic N) is 2. The maximum absolute atomic E-state index is 12.6. The van der Waals surface area contributed by atoms with E-state index >= 15 is 0 Å². The number of benzene rings is 2. The van der Waals surface area contributed by atoms with E-state index in [-0.39, 0.29) is 18.2 Å². The number of amides is 2. The summed E-state index contributed by atoms with van der Waals surface area (Å²) in [7, 11) is 0. The number of rotatable bonds is 6. The molecule has 0 bridgehead atoms. The highest BCUT2D eigenvalue weighted by atomic mass is 35.5. The van der Waals surface area contributed by atoms with Gasteiger partial charge in [-0.2, -0.15) is 5.10 Å². The molecule has 148 valence electrons. The summed E-state index contributed by atoms with van der Waals surface area (Å²) < 4.78 is 7.07. The Morgan fingerprint density at radius 2 is 2.10 bits per heavy atom. The first-order valence-electron chi connectivity index (χ1n) is 9.23. The Labute approximate surface area is 172 Å². The van der Waals surface area contributed by atoms with Gasteiger partial charge >= 0.3 is 0 Å². The van der Waals surface area contributed by atoms with Gasteiger partial charge in [-0.1, -0.05) is 35.9 Å². The third kappa shape index (κ3) is 3.82. The number of hydrogen-bond donors (Lipinski definition) is 2. The van der Waals surface area contributed by atoms with E-state index in [4.69, 9.17) is 16.3 Å². The van der Waals surface area contributed by atoms with Gasteiger partial charge in [-0.05, 0) is 36.8 Å². The van der Waals surface area contributed by atoms with Crippen molar-refractivity contribution in [3.05, 3.63) is 59.8 Å². The second kappa shape index (κ2) is 7.97. The molecule has 7 nitrogen and oxygen atoms in total. The Hall–Kier alpha value is -3.32. The van der Waals surface area contributed by atoms with Crippen LogP contribution >= 0.6 is 11.6 Å². The first kappa shape index (κ1) is 19.0. The molecule has 0 aliphatic carbocycles. The number of aromatic nitrogens is 2. The van der Waals surface area contributed by atoms with Gasteiger partial charge in [0, 0.05) is 10.6 Å². The number of halogens is 1. The number of ether oxygens (including phenoxy) is 1. The Kier molecular flexibility index (Phi) is 5.22. The summed E-state index contributed by atoms with van der Waals surface area (Å²) in [5.41, 5.74) is 2.17. The predicted octanol–water partition coefficient (Wildman–Crippen LogP) is 4.12. The van der Waals surface area contributed by atoms with Crippen molar-refractivity contribution in [3.63, 3.8) is 0 Å². The molecule has 0 spiro atoms. The Morgan fingerprint density at radius 1 is 1.28 bits per heavy atom. The lowest BCUT2D eigenvalue weighted by Gasteiger charge is -2.13. The first-order valence-corrected chi connectivity index (χ1v) is 9.60. The molecule has 1 atom stereocenters. The molecule has 3 aromatic rings. The number of para-hydroxylation sites is 2. The number of nitrogens with one attached hydrogen (secondary N) is 2. The first-order chi connectivity index (χ1) is 14.1. The van der Waals surface area contributed by atoms with Gasteiger partial charge in [-0.3, -0.25) is 9.59 Å². The highest BCUT2D eigenvalue weighted by Crippen LogP contribution is 2.36. The maximum Gasteiger partial charge on any atom is 0.251 e. The molecule has 29 heavy (non-hydrogen) atoms. The van der Waals surface area contributed by atoms with Gasteiger partial charge in [-0.25, -0.2) is 4.68 Å². The van der Waals surface area contributed by atoms with Gasteiger partial charge in [0.1, 0.15) is 17.6 Å². The van der Waals surface area contributed by atoms with Crippen molar-refractivity contribution in [2.24, 2.45) is 0 Å². The highest BCUT2D eigenvalue weighted by molar-refractivity contribution is 6.30. The van der Waals surface area contributed by atoms with Crippen LogP contribution in [0.1, 0.15) is 19.4 Å². The second-order valence-electron chi connectivity index (χ2n) is 6.55. The molecule has 8 heteroatoms. The van der Waals surface area contributed by atoms with Crippen LogP contribution in [0, 0.1) is 0 Å². The predicted molar refractivity (Wildman–Crippen MR) is 111 cm³/mol. The summed E-state index contributed by atoms with van der Waals surface area (Å²) in [4.78, 5) is 25.1. The van der Waals surface area contributed by atoms with Gasteiger partial charge in [0.05, 0.1) is 24.9 Å². The lowest BCUT2D eigenvalue weighted by molar-refractivity contribution is -0.123. The summed E-state index contributed by atoms with van der Waals surface area (Å²) in [5, 5.41) is 10.6. The van der Waals surface area contributed by atoms with E-state index in [1.165, 1.54) is 0 Å². The molecule has 2 heterocycles. The van der Waals surface area contributed by atoms with Crippen molar-refractivity contribution >= 4 is 34.9 Å². The van der Waals surface area contributed by atoms with Crippen LogP contribution in [0.25, 0.3) is 11.1 Å². The van der Waals surface area contributed by atoms with E-state index in [1.54, 1.807) is 35.1 Å². The van der Waals surface area contributed by atoms with Crippen LogP contribution in [-0.4, -0.2) is 28.2 Å². The fraction of sp³-hybridized carbons (Fsp3) is 0.190. The van der Waals surface area contributed by atoms with Crippen molar-refractivity contribution in [1.82, 2.24) is 9.78 Å². The normalized spacial score (nSPS) is 15.0. The molecular formula is C21H19ClN4O3. The zero-order valence-electron chi connectivity index (χ0n) is 15.7. The van der Waals surface area contributed by atoms with Crippen LogP contribution in [-0.2, 0) is 9.59 Å². The molecule has 1 aliphatic heterocycles. The zero-order valence-corrected chi connectivity index (χ0v) is 16.4. The minimum absolute atomic E-state index is 0.0457.